The Morgan fingerprint density at radius 3 is 2.50 bits per heavy atom. The summed E-state index contributed by atoms with van der Waals surface area (Å²) >= 11 is 0. The molecular weight excluding hydrogens is 102 g/mol. The molecule has 1 fully saturated rings. The van der Waals surface area contributed by atoms with E-state index in [4.69, 9.17) is 0 Å². The molecule has 0 radical (unpaired) electrons. The Hall–Kier alpha value is -0.530. The molecule has 46 valence electrons. The Labute approximate surface area is 49.5 Å². The average Bonchev–Trinajstić information content (AvgIpc) is 2.45. The van der Waals surface area contributed by atoms with E-state index in [1.54, 1.807) is 0 Å². The summed E-state index contributed by atoms with van der Waals surface area (Å²) in [5.74, 6) is 0.305. The zero-order valence-corrected chi connectivity index (χ0v) is 5.35. The van der Waals surface area contributed by atoms with Gasteiger partial charge in [0.2, 0.25) is 5.91 Å². The standard InChI is InChI=1S/C6H11NO/c1-3-5(2)7-4-6(7)8/h5H,3-4H2,1-2H3. The van der Waals surface area contributed by atoms with Gasteiger partial charge in [-0.15, -0.1) is 0 Å². The van der Waals surface area contributed by atoms with Gasteiger partial charge in [-0.25, -0.2) is 0 Å². The molecule has 0 aromatic heterocycles. The highest BCUT2D eigenvalue weighted by Gasteiger charge is 2.32. The van der Waals surface area contributed by atoms with Gasteiger partial charge in [-0.2, -0.15) is 0 Å². The lowest BCUT2D eigenvalue weighted by molar-refractivity contribution is -0.114. The third-order valence-corrected chi connectivity index (χ3v) is 1.65. The minimum absolute atomic E-state index is 0.305. The topological polar surface area (TPSA) is 20.1 Å². The van der Waals surface area contributed by atoms with Crippen molar-refractivity contribution in [3.63, 3.8) is 0 Å². The molecule has 0 saturated carbocycles. The van der Waals surface area contributed by atoms with Gasteiger partial charge in [0, 0.05) is 6.04 Å². The van der Waals surface area contributed by atoms with Crippen LogP contribution in [0.1, 0.15) is 20.3 Å². The largest absolute Gasteiger partial charge is 0.329 e. The summed E-state index contributed by atoms with van der Waals surface area (Å²) in [6.45, 7) is 4.86. The molecule has 0 spiro atoms. The van der Waals surface area contributed by atoms with E-state index >= 15 is 0 Å². The van der Waals surface area contributed by atoms with Gasteiger partial charge in [-0.1, -0.05) is 6.92 Å². The second kappa shape index (κ2) is 1.77. The molecule has 1 unspecified atom stereocenters. The van der Waals surface area contributed by atoms with Gasteiger partial charge in [0.1, 0.15) is 6.54 Å². The van der Waals surface area contributed by atoms with Crippen LogP contribution >= 0.6 is 0 Å². The number of nitrogens with zero attached hydrogens (tertiary/aromatic N) is 1. The van der Waals surface area contributed by atoms with E-state index in [1.807, 2.05) is 4.90 Å². The molecule has 2 nitrogen and oxygen atoms in total. The molecule has 1 aliphatic heterocycles. The Morgan fingerprint density at radius 1 is 1.88 bits per heavy atom. The Balaban J connectivity index is 2.28. The molecule has 0 aromatic carbocycles. The van der Waals surface area contributed by atoms with Crippen LogP contribution in [-0.2, 0) is 4.79 Å². The van der Waals surface area contributed by atoms with Crippen LogP contribution in [0.3, 0.4) is 0 Å². The first-order valence-corrected chi connectivity index (χ1v) is 3.05. The highest BCUT2D eigenvalue weighted by Crippen LogP contribution is 2.13. The lowest BCUT2D eigenvalue weighted by atomic mass is 10.3. The number of carbonyl (C=O) groups excluding carboxylic acids is 1. The van der Waals surface area contributed by atoms with Crippen molar-refractivity contribution in [3.05, 3.63) is 0 Å². The van der Waals surface area contributed by atoms with Crippen molar-refractivity contribution in [2.24, 2.45) is 0 Å². The number of amides is 1. The Bertz CT molecular complexity index is 111. The van der Waals surface area contributed by atoms with Crippen molar-refractivity contribution >= 4 is 5.91 Å². The fourth-order valence-electron chi connectivity index (χ4n) is 0.732. The zero-order valence-electron chi connectivity index (χ0n) is 5.35. The van der Waals surface area contributed by atoms with Gasteiger partial charge in [0.15, 0.2) is 0 Å². The summed E-state index contributed by atoms with van der Waals surface area (Å²) in [5.41, 5.74) is 0. The first kappa shape index (κ1) is 5.60. The number of carbonyl (C=O) groups is 1. The van der Waals surface area contributed by atoms with Crippen LogP contribution in [0.5, 0.6) is 0 Å². The minimum atomic E-state index is 0.305. The van der Waals surface area contributed by atoms with Crippen molar-refractivity contribution in [2.75, 3.05) is 6.54 Å². The van der Waals surface area contributed by atoms with Gasteiger partial charge < -0.3 is 4.90 Å². The summed E-state index contributed by atoms with van der Waals surface area (Å²) in [5, 5.41) is 0. The molecule has 0 N–H and O–H groups in total. The summed E-state index contributed by atoms with van der Waals surface area (Å²) in [6, 6.07) is 0.475. The van der Waals surface area contributed by atoms with Crippen molar-refractivity contribution < 1.29 is 4.79 Å². The molecular formula is C6H11NO. The lowest BCUT2D eigenvalue weighted by Gasteiger charge is -2.05. The maximum Gasteiger partial charge on any atom is 0.242 e. The van der Waals surface area contributed by atoms with Crippen LogP contribution in [0.25, 0.3) is 0 Å². The molecule has 1 saturated heterocycles. The SMILES string of the molecule is CCC(C)N1CC1=O. The van der Waals surface area contributed by atoms with E-state index in [1.165, 1.54) is 0 Å². The fraction of sp³-hybridized carbons (Fsp3) is 0.833. The normalized spacial score (nSPS) is 21.2. The summed E-state index contributed by atoms with van der Waals surface area (Å²) < 4.78 is 0. The molecule has 8 heavy (non-hydrogen) atoms. The summed E-state index contributed by atoms with van der Waals surface area (Å²) in [6.07, 6.45) is 1.08. The van der Waals surface area contributed by atoms with Gasteiger partial charge in [-0.3, -0.25) is 4.79 Å². The average molecular weight is 113 g/mol. The van der Waals surface area contributed by atoms with Crippen LogP contribution < -0.4 is 0 Å². The van der Waals surface area contributed by atoms with Crippen molar-refractivity contribution in [1.29, 1.82) is 0 Å². The van der Waals surface area contributed by atoms with E-state index in [9.17, 15) is 4.79 Å². The van der Waals surface area contributed by atoms with Crippen molar-refractivity contribution in [2.45, 2.75) is 26.3 Å². The molecule has 1 atom stereocenters. The number of hydrogen-bond acceptors (Lipinski definition) is 1. The zero-order chi connectivity index (χ0) is 6.15. The fourth-order valence-corrected chi connectivity index (χ4v) is 0.732. The van der Waals surface area contributed by atoms with E-state index in [-0.39, 0.29) is 0 Å². The molecule has 1 aliphatic rings. The van der Waals surface area contributed by atoms with Crippen LogP contribution in [-0.4, -0.2) is 23.4 Å². The van der Waals surface area contributed by atoms with Crippen LogP contribution in [0.15, 0.2) is 0 Å². The molecule has 1 heterocycles. The Morgan fingerprint density at radius 2 is 2.38 bits per heavy atom. The lowest BCUT2D eigenvalue weighted by Crippen LogP contribution is -2.12. The van der Waals surface area contributed by atoms with E-state index in [0.29, 0.717) is 18.5 Å². The second-order valence-corrected chi connectivity index (χ2v) is 2.28. The molecule has 0 bridgehead atoms. The van der Waals surface area contributed by atoms with Crippen molar-refractivity contribution in [3.8, 4) is 0 Å². The smallest absolute Gasteiger partial charge is 0.242 e. The van der Waals surface area contributed by atoms with E-state index in [0.717, 1.165) is 6.42 Å². The number of hydrogen-bond donors (Lipinski definition) is 0. The van der Waals surface area contributed by atoms with Gasteiger partial charge in [0.25, 0.3) is 0 Å². The predicted octanol–water partition coefficient (Wildman–Crippen LogP) is 0.627. The van der Waals surface area contributed by atoms with Crippen LogP contribution in [0.2, 0.25) is 0 Å². The minimum Gasteiger partial charge on any atom is -0.329 e. The van der Waals surface area contributed by atoms with Crippen LogP contribution in [0.4, 0.5) is 0 Å². The van der Waals surface area contributed by atoms with E-state index < -0.39 is 0 Å². The van der Waals surface area contributed by atoms with Gasteiger partial charge in [0.05, 0.1) is 0 Å². The van der Waals surface area contributed by atoms with E-state index in [2.05, 4.69) is 13.8 Å². The maximum atomic E-state index is 10.4. The van der Waals surface area contributed by atoms with Gasteiger partial charge >= 0.3 is 0 Å². The first-order chi connectivity index (χ1) is 3.75. The summed E-state index contributed by atoms with van der Waals surface area (Å²) in [7, 11) is 0. The molecule has 0 aromatic rings. The highest BCUT2D eigenvalue weighted by atomic mass is 16.2. The highest BCUT2D eigenvalue weighted by molar-refractivity contribution is 5.92. The molecule has 2 heteroatoms. The summed E-state index contributed by atoms with van der Waals surface area (Å²) in [4.78, 5) is 12.3. The maximum absolute atomic E-state index is 10.4. The Kier molecular flexibility index (Phi) is 1.24. The van der Waals surface area contributed by atoms with Crippen molar-refractivity contribution in [1.82, 2.24) is 4.90 Å². The van der Waals surface area contributed by atoms with Gasteiger partial charge in [-0.05, 0) is 13.3 Å². The first-order valence-electron chi connectivity index (χ1n) is 3.05. The molecule has 0 aliphatic carbocycles. The molecule has 1 amide bonds. The monoisotopic (exact) mass is 113 g/mol. The van der Waals surface area contributed by atoms with Crippen LogP contribution in [0, 0.1) is 0 Å². The molecule has 1 rings (SSSR count). The third-order valence-electron chi connectivity index (χ3n) is 1.65. The second-order valence-electron chi connectivity index (χ2n) is 2.28. The third kappa shape index (κ3) is 0.831. The quantitative estimate of drug-likeness (QED) is 0.481. The predicted molar refractivity (Wildman–Crippen MR) is 31.5 cm³/mol. The number of rotatable bonds is 2.